The Bertz CT molecular complexity index is 524. The van der Waals surface area contributed by atoms with Gasteiger partial charge in [-0.1, -0.05) is 6.07 Å². The molecule has 0 atom stereocenters. The van der Waals surface area contributed by atoms with E-state index in [9.17, 15) is 17.6 Å². The van der Waals surface area contributed by atoms with Gasteiger partial charge < -0.3 is 9.31 Å². The Morgan fingerprint density at radius 3 is 2.00 bits per heavy atom. The van der Waals surface area contributed by atoms with E-state index < -0.39 is 35.9 Å². The normalized spacial score (nSPS) is 20.9. The molecule has 2 rings (SSSR count). The predicted molar refractivity (Wildman–Crippen MR) is 71.2 cm³/mol. The maximum atomic E-state index is 13.5. The number of hydrogen-bond acceptors (Lipinski definition) is 2. The first-order valence-electron chi connectivity index (χ1n) is 6.64. The van der Waals surface area contributed by atoms with Gasteiger partial charge in [-0.05, 0) is 45.4 Å². The molecule has 0 saturated carbocycles. The fourth-order valence-electron chi connectivity index (χ4n) is 2.16. The van der Waals surface area contributed by atoms with Crippen molar-refractivity contribution in [3.05, 3.63) is 35.1 Å². The van der Waals surface area contributed by atoms with E-state index in [4.69, 9.17) is 9.31 Å². The van der Waals surface area contributed by atoms with Crippen molar-refractivity contribution in [1.82, 2.24) is 0 Å². The average Bonchev–Trinajstić information content (AvgIpc) is 2.44. The minimum absolute atomic E-state index is 0.196. The molecule has 0 spiro atoms. The van der Waals surface area contributed by atoms with Crippen LogP contribution in [0.15, 0.2) is 18.2 Å². The van der Waals surface area contributed by atoms with Crippen LogP contribution in [0.25, 0.3) is 0 Å². The zero-order valence-electron chi connectivity index (χ0n) is 12.3. The molecule has 0 unspecified atom stereocenters. The molecule has 0 N–H and O–H groups in total. The predicted octanol–water partition coefficient (Wildman–Crippen LogP) is 4.02. The molecule has 116 valence electrons. The molecule has 1 heterocycles. The summed E-state index contributed by atoms with van der Waals surface area (Å²) in [4.78, 5) is 0. The molecular weight excluding hydrogens is 287 g/mol. The Hall–Kier alpha value is -1.08. The number of alkyl halides is 3. The third-order valence-corrected chi connectivity index (χ3v) is 4.04. The van der Waals surface area contributed by atoms with Crippen LogP contribution in [0.2, 0.25) is 0 Å². The first-order chi connectivity index (χ1) is 9.42. The van der Waals surface area contributed by atoms with Gasteiger partial charge in [0.05, 0.1) is 16.8 Å². The first kappa shape index (κ1) is 16.3. The lowest BCUT2D eigenvalue weighted by atomic mass is 9.80. The molecular formula is C14H17BF4O2. The Balaban J connectivity index is 2.14. The lowest BCUT2D eigenvalue weighted by molar-refractivity contribution is -0.140. The third-order valence-electron chi connectivity index (χ3n) is 4.04. The highest BCUT2D eigenvalue weighted by molar-refractivity contribution is 6.45. The molecule has 1 aromatic rings. The standard InChI is InChI=1S/C14H17BF4O2/c1-12(2)13(3,4)21-15(20-12)8-9-5-6-10(11(16)7-9)14(17,18)19/h5-7H,8H2,1-4H3. The fraction of sp³-hybridized carbons (Fsp3) is 0.571. The molecule has 1 saturated heterocycles. The molecule has 0 bridgehead atoms. The topological polar surface area (TPSA) is 18.5 Å². The maximum absolute atomic E-state index is 13.5. The van der Waals surface area contributed by atoms with Gasteiger partial charge in [0, 0.05) is 6.32 Å². The van der Waals surface area contributed by atoms with Gasteiger partial charge in [0.1, 0.15) is 5.82 Å². The lowest BCUT2D eigenvalue weighted by Gasteiger charge is -2.32. The van der Waals surface area contributed by atoms with Crippen LogP contribution >= 0.6 is 0 Å². The van der Waals surface area contributed by atoms with Gasteiger partial charge in [-0.2, -0.15) is 13.2 Å². The Morgan fingerprint density at radius 1 is 1.05 bits per heavy atom. The summed E-state index contributed by atoms with van der Waals surface area (Å²) >= 11 is 0. The van der Waals surface area contributed by atoms with E-state index in [1.54, 1.807) is 0 Å². The Labute approximate surface area is 121 Å². The summed E-state index contributed by atoms with van der Waals surface area (Å²) in [5.74, 6) is -1.28. The van der Waals surface area contributed by atoms with Crippen LogP contribution in [-0.4, -0.2) is 18.3 Å². The van der Waals surface area contributed by atoms with Gasteiger partial charge in [0.2, 0.25) is 0 Å². The van der Waals surface area contributed by atoms with Crippen molar-refractivity contribution in [3.63, 3.8) is 0 Å². The average molecular weight is 304 g/mol. The van der Waals surface area contributed by atoms with E-state index in [0.717, 1.165) is 12.1 Å². The minimum atomic E-state index is -4.69. The van der Waals surface area contributed by atoms with E-state index in [0.29, 0.717) is 5.56 Å². The maximum Gasteiger partial charge on any atom is 0.462 e. The highest BCUT2D eigenvalue weighted by Crippen LogP contribution is 2.38. The van der Waals surface area contributed by atoms with Crippen LogP contribution in [0.1, 0.15) is 38.8 Å². The molecule has 0 aromatic heterocycles. The molecule has 0 amide bonds. The van der Waals surface area contributed by atoms with Gasteiger partial charge in [-0.3, -0.25) is 0 Å². The first-order valence-corrected chi connectivity index (χ1v) is 6.64. The van der Waals surface area contributed by atoms with Crippen molar-refractivity contribution in [1.29, 1.82) is 0 Å². The van der Waals surface area contributed by atoms with Crippen molar-refractivity contribution >= 4 is 7.12 Å². The van der Waals surface area contributed by atoms with E-state index in [1.807, 2.05) is 27.7 Å². The quantitative estimate of drug-likeness (QED) is 0.607. The largest absolute Gasteiger partial charge is 0.462 e. The minimum Gasteiger partial charge on any atom is -0.403 e. The van der Waals surface area contributed by atoms with Crippen LogP contribution in [0.3, 0.4) is 0 Å². The molecule has 1 aliphatic rings. The molecule has 2 nitrogen and oxygen atoms in total. The summed E-state index contributed by atoms with van der Waals surface area (Å²) in [5.41, 5.74) is -1.91. The molecule has 0 aliphatic carbocycles. The number of benzene rings is 1. The van der Waals surface area contributed by atoms with Gasteiger partial charge in [-0.15, -0.1) is 0 Å². The second-order valence-electron chi connectivity index (χ2n) is 6.20. The molecule has 7 heteroatoms. The highest BCUT2D eigenvalue weighted by atomic mass is 19.4. The van der Waals surface area contributed by atoms with Crippen molar-refractivity contribution in [2.75, 3.05) is 0 Å². The van der Waals surface area contributed by atoms with Crippen LogP contribution in [0.5, 0.6) is 0 Å². The summed E-state index contributed by atoms with van der Waals surface area (Å²) < 4.78 is 62.5. The van der Waals surface area contributed by atoms with E-state index >= 15 is 0 Å². The van der Waals surface area contributed by atoms with Gasteiger partial charge >= 0.3 is 13.3 Å². The molecule has 1 aromatic carbocycles. The summed E-state index contributed by atoms with van der Waals surface area (Å²) in [6.45, 7) is 7.50. The zero-order chi connectivity index (χ0) is 16.1. The van der Waals surface area contributed by atoms with Crippen molar-refractivity contribution in [2.45, 2.75) is 51.4 Å². The lowest BCUT2D eigenvalue weighted by Crippen LogP contribution is -2.41. The van der Waals surface area contributed by atoms with Gasteiger partial charge in [0.25, 0.3) is 0 Å². The van der Waals surface area contributed by atoms with Crippen LogP contribution < -0.4 is 0 Å². The SMILES string of the molecule is CC1(C)OB(Cc2ccc(C(F)(F)F)c(F)c2)OC1(C)C. The number of hydrogen-bond donors (Lipinski definition) is 0. The summed E-state index contributed by atoms with van der Waals surface area (Å²) in [6.07, 6.45) is -4.49. The number of rotatable bonds is 2. The van der Waals surface area contributed by atoms with Gasteiger partial charge in [-0.25, -0.2) is 4.39 Å². The van der Waals surface area contributed by atoms with E-state index in [-0.39, 0.29) is 6.32 Å². The second kappa shape index (κ2) is 4.99. The Kier molecular flexibility index (Phi) is 3.87. The molecule has 0 radical (unpaired) electrons. The molecule has 21 heavy (non-hydrogen) atoms. The van der Waals surface area contributed by atoms with E-state index in [1.165, 1.54) is 6.07 Å². The highest BCUT2D eigenvalue weighted by Gasteiger charge is 2.50. The number of halogens is 4. The second-order valence-corrected chi connectivity index (χ2v) is 6.20. The monoisotopic (exact) mass is 304 g/mol. The van der Waals surface area contributed by atoms with E-state index in [2.05, 4.69) is 0 Å². The van der Waals surface area contributed by atoms with Crippen LogP contribution in [0.4, 0.5) is 17.6 Å². The summed E-state index contributed by atoms with van der Waals surface area (Å²) in [7, 11) is -0.605. The summed E-state index contributed by atoms with van der Waals surface area (Å²) in [6, 6.07) is 2.88. The molecule has 1 fully saturated rings. The third kappa shape index (κ3) is 3.24. The summed E-state index contributed by atoms with van der Waals surface area (Å²) in [5, 5.41) is 0. The van der Waals surface area contributed by atoms with Crippen LogP contribution in [0, 0.1) is 5.82 Å². The fourth-order valence-corrected chi connectivity index (χ4v) is 2.16. The van der Waals surface area contributed by atoms with Crippen molar-refractivity contribution < 1.29 is 26.9 Å². The van der Waals surface area contributed by atoms with Crippen LogP contribution in [-0.2, 0) is 21.8 Å². The van der Waals surface area contributed by atoms with Crippen molar-refractivity contribution in [3.8, 4) is 0 Å². The smallest absolute Gasteiger partial charge is 0.403 e. The molecule has 1 aliphatic heterocycles. The zero-order valence-corrected chi connectivity index (χ0v) is 12.3. The van der Waals surface area contributed by atoms with Crippen molar-refractivity contribution in [2.24, 2.45) is 0 Å². The Morgan fingerprint density at radius 2 is 1.57 bits per heavy atom. The van der Waals surface area contributed by atoms with Gasteiger partial charge in [0.15, 0.2) is 0 Å².